The molecular formula is C19H22N4O3. The quantitative estimate of drug-likeness (QED) is 0.848. The van der Waals surface area contributed by atoms with Crippen LogP contribution in [0.15, 0.2) is 35.7 Å². The second-order valence-electron chi connectivity index (χ2n) is 6.35. The van der Waals surface area contributed by atoms with Gasteiger partial charge in [-0.05, 0) is 25.0 Å². The van der Waals surface area contributed by atoms with Gasteiger partial charge in [0.2, 0.25) is 0 Å². The fourth-order valence-electron chi connectivity index (χ4n) is 3.12. The number of aromatic nitrogens is 2. The first-order chi connectivity index (χ1) is 12.5. The highest BCUT2D eigenvalue weighted by Crippen LogP contribution is 2.24. The first-order valence-electron chi connectivity index (χ1n) is 8.44. The molecule has 136 valence electrons. The highest BCUT2D eigenvalue weighted by molar-refractivity contribution is 5.99. The fraction of sp³-hybridized carbons (Fsp3) is 0.368. The average Bonchev–Trinajstić information content (AvgIpc) is 3.07. The molecule has 1 N–H and O–H groups in total. The van der Waals surface area contributed by atoms with E-state index in [0.29, 0.717) is 13.0 Å². The van der Waals surface area contributed by atoms with Gasteiger partial charge in [-0.3, -0.25) is 9.78 Å². The van der Waals surface area contributed by atoms with Crippen molar-refractivity contribution in [3.8, 4) is 11.3 Å². The number of aliphatic hydroxyl groups excluding tert-OH is 1. The van der Waals surface area contributed by atoms with Crippen LogP contribution in [0.25, 0.3) is 11.3 Å². The van der Waals surface area contributed by atoms with E-state index in [1.165, 1.54) is 18.9 Å². The Morgan fingerprint density at radius 1 is 1.35 bits per heavy atom. The van der Waals surface area contributed by atoms with Crippen molar-refractivity contribution in [2.24, 2.45) is 5.16 Å². The second-order valence-corrected chi connectivity index (χ2v) is 6.35. The van der Waals surface area contributed by atoms with Crippen molar-refractivity contribution in [2.75, 3.05) is 20.3 Å². The standard InChI is InChI=1S/C19H22N4O3/c1-12-5-4-6-16(13(12)2)17-8-21-18(9-20-17)19(25)23-10-14(22-26-3)7-15(23)11-24/h4-6,8-9,15,24H,7,10-11H2,1-3H3/b22-14+/t15-/m0/s1. The molecule has 2 aromatic rings. The fourth-order valence-corrected chi connectivity index (χ4v) is 3.12. The number of rotatable bonds is 4. The van der Waals surface area contributed by atoms with Gasteiger partial charge >= 0.3 is 0 Å². The Balaban J connectivity index is 1.83. The van der Waals surface area contributed by atoms with Crippen LogP contribution < -0.4 is 0 Å². The Labute approximate surface area is 152 Å². The van der Waals surface area contributed by atoms with Crippen LogP contribution in [0.4, 0.5) is 0 Å². The lowest BCUT2D eigenvalue weighted by Gasteiger charge is -2.21. The van der Waals surface area contributed by atoms with Crippen LogP contribution in [0.5, 0.6) is 0 Å². The molecule has 0 aliphatic carbocycles. The molecule has 1 aliphatic heterocycles. The Hall–Kier alpha value is -2.80. The van der Waals surface area contributed by atoms with Crippen molar-refractivity contribution in [1.82, 2.24) is 14.9 Å². The number of benzene rings is 1. The van der Waals surface area contributed by atoms with Gasteiger partial charge in [-0.2, -0.15) is 0 Å². The van der Waals surface area contributed by atoms with Gasteiger partial charge in [-0.15, -0.1) is 0 Å². The molecule has 1 fully saturated rings. The van der Waals surface area contributed by atoms with E-state index < -0.39 is 0 Å². The Bertz CT molecular complexity index is 833. The number of amides is 1. The SMILES string of the molecule is CO/N=C1\C[C@@H](CO)N(C(=O)c2cnc(-c3cccc(C)c3C)cn2)C1. The highest BCUT2D eigenvalue weighted by atomic mass is 16.6. The number of likely N-dealkylation sites (tertiary alicyclic amines) is 1. The minimum atomic E-state index is -0.322. The molecule has 0 spiro atoms. The van der Waals surface area contributed by atoms with Crippen LogP contribution in [-0.2, 0) is 4.84 Å². The predicted octanol–water partition coefficient (Wildman–Crippen LogP) is 1.97. The van der Waals surface area contributed by atoms with E-state index in [-0.39, 0.29) is 24.2 Å². The van der Waals surface area contributed by atoms with Crippen LogP contribution in [-0.4, -0.2) is 57.9 Å². The normalized spacial score (nSPS) is 18.4. The van der Waals surface area contributed by atoms with Crippen LogP contribution in [0.2, 0.25) is 0 Å². The summed E-state index contributed by atoms with van der Waals surface area (Å²) in [6.07, 6.45) is 3.59. The Kier molecular flexibility index (Phi) is 5.27. The van der Waals surface area contributed by atoms with Gasteiger partial charge < -0.3 is 14.8 Å². The predicted molar refractivity (Wildman–Crippen MR) is 97.9 cm³/mol. The lowest BCUT2D eigenvalue weighted by atomic mass is 10.0. The maximum atomic E-state index is 12.8. The smallest absolute Gasteiger partial charge is 0.274 e. The van der Waals surface area contributed by atoms with Crippen molar-refractivity contribution in [2.45, 2.75) is 26.3 Å². The second kappa shape index (κ2) is 7.61. The summed E-state index contributed by atoms with van der Waals surface area (Å²) in [5, 5.41) is 13.4. The molecule has 0 bridgehead atoms. The maximum Gasteiger partial charge on any atom is 0.274 e. The van der Waals surface area contributed by atoms with Crippen molar-refractivity contribution in [3.63, 3.8) is 0 Å². The minimum absolute atomic E-state index is 0.136. The summed E-state index contributed by atoms with van der Waals surface area (Å²) in [5.41, 5.74) is 5.01. The molecule has 0 saturated carbocycles. The lowest BCUT2D eigenvalue weighted by molar-refractivity contribution is 0.0674. The summed E-state index contributed by atoms with van der Waals surface area (Å²) >= 11 is 0. The molecule has 1 aromatic heterocycles. The number of carbonyl (C=O) groups excluding carboxylic acids is 1. The van der Waals surface area contributed by atoms with E-state index >= 15 is 0 Å². The van der Waals surface area contributed by atoms with Crippen LogP contribution in [0, 0.1) is 13.8 Å². The van der Waals surface area contributed by atoms with Crippen molar-refractivity contribution >= 4 is 11.6 Å². The summed E-state index contributed by atoms with van der Waals surface area (Å²) in [5.74, 6) is -0.273. The van der Waals surface area contributed by atoms with E-state index in [2.05, 4.69) is 15.1 Å². The first kappa shape index (κ1) is 18.0. The summed E-state index contributed by atoms with van der Waals surface area (Å²) in [4.78, 5) is 27.8. The molecule has 1 aliphatic rings. The third-order valence-electron chi connectivity index (χ3n) is 4.71. The zero-order valence-corrected chi connectivity index (χ0v) is 15.1. The van der Waals surface area contributed by atoms with Crippen LogP contribution >= 0.6 is 0 Å². The average molecular weight is 354 g/mol. The molecule has 1 aromatic carbocycles. The molecule has 3 rings (SSSR count). The summed E-state index contributed by atoms with van der Waals surface area (Å²) in [7, 11) is 1.46. The maximum absolute atomic E-state index is 12.8. The Morgan fingerprint density at radius 3 is 2.81 bits per heavy atom. The van der Waals surface area contributed by atoms with Gasteiger partial charge in [-0.25, -0.2) is 4.98 Å². The van der Waals surface area contributed by atoms with Gasteiger partial charge in [-0.1, -0.05) is 23.4 Å². The first-order valence-corrected chi connectivity index (χ1v) is 8.44. The van der Waals surface area contributed by atoms with Gasteiger partial charge in [0.05, 0.1) is 43.0 Å². The lowest BCUT2D eigenvalue weighted by Crippen LogP contribution is -2.38. The minimum Gasteiger partial charge on any atom is -0.399 e. The van der Waals surface area contributed by atoms with E-state index in [4.69, 9.17) is 4.84 Å². The molecule has 0 radical (unpaired) electrons. The number of aryl methyl sites for hydroxylation is 1. The van der Waals surface area contributed by atoms with Crippen molar-refractivity contribution in [1.29, 1.82) is 0 Å². The molecule has 1 atom stereocenters. The largest absolute Gasteiger partial charge is 0.399 e. The number of nitrogens with zero attached hydrogens (tertiary/aromatic N) is 4. The molecule has 0 unspecified atom stereocenters. The van der Waals surface area contributed by atoms with Crippen LogP contribution in [0.1, 0.15) is 28.0 Å². The molecule has 2 heterocycles. The zero-order valence-electron chi connectivity index (χ0n) is 15.1. The van der Waals surface area contributed by atoms with Crippen molar-refractivity contribution < 1.29 is 14.7 Å². The summed E-state index contributed by atoms with van der Waals surface area (Å²) in [6, 6.07) is 5.69. The zero-order chi connectivity index (χ0) is 18.7. The van der Waals surface area contributed by atoms with Gasteiger partial charge in [0.15, 0.2) is 0 Å². The third-order valence-corrected chi connectivity index (χ3v) is 4.71. The van der Waals surface area contributed by atoms with Crippen LogP contribution in [0.3, 0.4) is 0 Å². The molecule has 7 heteroatoms. The number of oxime groups is 1. The summed E-state index contributed by atoms with van der Waals surface area (Å²) in [6.45, 7) is 4.27. The number of hydrogen-bond donors (Lipinski definition) is 1. The van der Waals surface area contributed by atoms with E-state index in [1.807, 2.05) is 32.0 Å². The molecule has 26 heavy (non-hydrogen) atoms. The number of hydrogen-bond acceptors (Lipinski definition) is 6. The number of carbonyl (C=O) groups is 1. The van der Waals surface area contributed by atoms with Gasteiger partial charge in [0, 0.05) is 12.0 Å². The molecule has 1 amide bonds. The van der Waals surface area contributed by atoms with Gasteiger partial charge in [0.25, 0.3) is 5.91 Å². The topological polar surface area (TPSA) is 87.9 Å². The van der Waals surface area contributed by atoms with Crippen molar-refractivity contribution in [3.05, 3.63) is 47.4 Å². The third kappa shape index (κ3) is 3.43. The molecular weight excluding hydrogens is 332 g/mol. The highest BCUT2D eigenvalue weighted by Gasteiger charge is 2.34. The van der Waals surface area contributed by atoms with E-state index in [1.54, 1.807) is 11.1 Å². The summed E-state index contributed by atoms with van der Waals surface area (Å²) < 4.78 is 0. The van der Waals surface area contributed by atoms with E-state index in [9.17, 15) is 9.90 Å². The van der Waals surface area contributed by atoms with Gasteiger partial charge in [0.1, 0.15) is 12.8 Å². The Morgan fingerprint density at radius 2 is 2.15 bits per heavy atom. The molecule has 1 saturated heterocycles. The number of aliphatic hydroxyl groups is 1. The monoisotopic (exact) mass is 354 g/mol. The van der Waals surface area contributed by atoms with E-state index in [0.717, 1.165) is 22.5 Å². The molecule has 7 nitrogen and oxygen atoms in total.